The number of esters is 1. The Balaban J connectivity index is 2.01. The zero-order valence-electron chi connectivity index (χ0n) is 16.5. The maximum absolute atomic E-state index is 13.0. The van der Waals surface area contributed by atoms with Gasteiger partial charge in [-0.2, -0.15) is 13.2 Å². The second-order valence-electron chi connectivity index (χ2n) is 6.56. The number of hydrogen-bond donors (Lipinski definition) is 1. The second kappa shape index (κ2) is 8.88. The lowest BCUT2D eigenvalue weighted by Crippen LogP contribution is -2.16. The average molecular weight is 444 g/mol. The lowest BCUT2D eigenvalue weighted by atomic mass is 9.99. The highest BCUT2D eigenvalue weighted by Gasteiger charge is 2.30. The summed E-state index contributed by atoms with van der Waals surface area (Å²) in [5, 5.41) is 13.6. The van der Waals surface area contributed by atoms with Crippen molar-refractivity contribution in [1.29, 1.82) is 0 Å². The van der Waals surface area contributed by atoms with Crippen molar-refractivity contribution >= 4 is 23.3 Å². The van der Waals surface area contributed by atoms with E-state index in [1.165, 1.54) is 48.5 Å². The zero-order chi connectivity index (χ0) is 23.5. The van der Waals surface area contributed by atoms with Crippen LogP contribution in [0.4, 0.5) is 24.5 Å². The number of carbonyl (C=O) groups excluding carboxylic acids is 2. The van der Waals surface area contributed by atoms with Gasteiger partial charge >= 0.3 is 12.1 Å². The van der Waals surface area contributed by atoms with Crippen molar-refractivity contribution in [3.63, 3.8) is 0 Å². The Morgan fingerprint density at radius 2 is 1.62 bits per heavy atom. The van der Waals surface area contributed by atoms with Gasteiger partial charge < -0.3 is 10.1 Å². The summed E-state index contributed by atoms with van der Waals surface area (Å²) in [5.74, 6) is -1.69. The van der Waals surface area contributed by atoms with Gasteiger partial charge in [-0.3, -0.25) is 14.9 Å². The third-order valence-electron chi connectivity index (χ3n) is 4.54. The average Bonchev–Trinajstić information content (AvgIpc) is 2.78. The standard InChI is InChI=1S/C22H15F3N2O5/c1-32-21(29)17-12-14(13-5-4-6-15(11-13)22(23,24)25)9-10-18(17)26-20(28)16-7-2-3-8-19(16)27(30)31/h2-12H,1H3,(H,26,28). The smallest absolute Gasteiger partial charge is 0.416 e. The molecule has 0 aliphatic heterocycles. The largest absolute Gasteiger partial charge is 0.465 e. The minimum absolute atomic E-state index is 0.0178. The van der Waals surface area contributed by atoms with Gasteiger partial charge in [0.2, 0.25) is 0 Å². The zero-order valence-corrected chi connectivity index (χ0v) is 16.5. The monoisotopic (exact) mass is 444 g/mol. The molecule has 3 aromatic carbocycles. The highest BCUT2D eigenvalue weighted by molar-refractivity contribution is 6.10. The predicted octanol–water partition coefficient (Wildman–Crippen LogP) is 5.32. The molecule has 0 heterocycles. The molecular formula is C22H15F3N2O5. The molecule has 164 valence electrons. The summed E-state index contributed by atoms with van der Waals surface area (Å²) in [4.78, 5) is 35.4. The van der Waals surface area contributed by atoms with Crippen LogP contribution in [-0.4, -0.2) is 23.9 Å². The van der Waals surface area contributed by atoms with Gasteiger partial charge in [-0.05, 0) is 41.5 Å². The van der Waals surface area contributed by atoms with Gasteiger partial charge in [0.05, 0.1) is 28.8 Å². The van der Waals surface area contributed by atoms with E-state index >= 15 is 0 Å². The molecule has 0 radical (unpaired) electrons. The van der Waals surface area contributed by atoms with Gasteiger partial charge in [0.1, 0.15) is 5.56 Å². The van der Waals surface area contributed by atoms with E-state index < -0.39 is 34.2 Å². The van der Waals surface area contributed by atoms with Gasteiger partial charge in [-0.15, -0.1) is 0 Å². The number of para-hydroxylation sites is 1. The van der Waals surface area contributed by atoms with Crippen molar-refractivity contribution in [3.05, 3.63) is 93.5 Å². The van der Waals surface area contributed by atoms with E-state index in [-0.39, 0.29) is 27.9 Å². The van der Waals surface area contributed by atoms with E-state index in [0.29, 0.717) is 0 Å². The minimum Gasteiger partial charge on any atom is -0.465 e. The first kappa shape index (κ1) is 22.5. The highest BCUT2D eigenvalue weighted by Crippen LogP contribution is 2.33. The molecule has 0 aromatic heterocycles. The number of ether oxygens (including phenoxy) is 1. The third-order valence-corrected chi connectivity index (χ3v) is 4.54. The molecule has 0 bridgehead atoms. The predicted molar refractivity (Wildman–Crippen MR) is 109 cm³/mol. The molecule has 0 unspecified atom stereocenters. The molecule has 3 aromatic rings. The van der Waals surface area contributed by atoms with Crippen LogP contribution in [0.5, 0.6) is 0 Å². The van der Waals surface area contributed by atoms with Crippen LogP contribution in [0.2, 0.25) is 0 Å². The number of nitrogens with zero attached hydrogens (tertiary/aromatic N) is 1. The Kier molecular flexibility index (Phi) is 6.24. The summed E-state index contributed by atoms with van der Waals surface area (Å²) < 4.78 is 43.8. The lowest BCUT2D eigenvalue weighted by Gasteiger charge is -2.13. The second-order valence-corrected chi connectivity index (χ2v) is 6.56. The molecule has 0 saturated carbocycles. The number of anilines is 1. The van der Waals surface area contributed by atoms with Crippen molar-refractivity contribution < 1.29 is 32.4 Å². The van der Waals surface area contributed by atoms with E-state index in [4.69, 9.17) is 4.74 Å². The number of methoxy groups -OCH3 is 1. The van der Waals surface area contributed by atoms with Crippen LogP contribution in [0.3, 0.4) is 0 Å². The molecule has 0 aliphatic carbocycles. The third kappa shape index (κ3) is 4.75. The summed E-state index contributed by atoms with van der Waals surface area (Å²) in [6.07, 6.45) is -4.54. The summed E-state index contributed by atoms with van der Waals surface area (Å²) in [6, 6.07) is 13.8. The number of alkyl halides is 3. The molecule has 0 aliphatic rings. The Hall–Kier alpha value is -4.21. The molecule has 32 heavy (non-hydrogen) atoms. The van der Waals surface area contributed by atoms with Crippen LogP contribution in [0.1, 0.15) is 26.3 Å². The van der Waals surface area contributed by atoms with Crippen molar-refractivity contribution in [1.82, 2.24) is 0 Å². The molecule has 0 atom stereocenters. The normalized spacial score (nSPS) is 11.0. The molecule has 0 fully saturated rings. The molecule has 1 N–H and O–H groups in total. The fourth-order valence-electron chi connectivity index (χ4n) is 3.00. The lowest BCUT2D eigenvalue weighted by molar-refractivity contribution is -0.385. The van der Waals surface area contributed by atoms with E-state index in [1.54, 1.807) is 0 Å². The first-order chi connectivity index (χ1) is 15.1. The molecule has 1 amide bonds. The molecule has 0 saturated heterocycles. The maximum atomic E-state index is 13.0. The fourth-order valence-corrected chi connectivity index (χ4v) is 3.00. The Morgan fingerprint density at radius 3 is 2.28 bits per heavy atom. The van der Waals surface area contributed by atoms with E-state index in [1.807, 2.05) is 0 Å². The number of nitrogens with one attached hydrogen (secondary N) is 1. The first-order valence-corrected chi connectivity index (χ1v) is 9.06. The SMILES string of the molecule is COC(=O)c1cc(-c2cccc(C(F)(F)F)c2)ccc1NC(=O)c1ccccc1[N+](=O)[O-]. The van der Waals surface area contributed by atoms with Gasteiger partial charge in [-0.25, -0.2) is 4.79 Å². The summed E-state index contributed by atoms with van der Waals surface area (Å²) in [7, 11) is 1.10. The van der Waals surface area contributed by atoms with Gasteiger partial charge in [-0.1, -0.05) is 30.3 Å². The first-order valence-electron chi connectivity index (χ1n) is 9.06. The Bertz CT molecular complexity index is 1210. The molecule has 3 rings (SSSR count). The number of halogens is 3. The minimum atomic E-state index is -4.54. The van der Waals surface area contributed by atoms with E-state index in [9.17, 15) is 32.9 Å². The van der Waals surface area contributed by atoms with Crippen LogP contribution >= 0.6 is 0 Å². The van der Waals surface area contributed by atoms with Crippen LogP contribution in [0.15, 0.2) is 66.7 Å². The summed E-state index contributed by atoms with van der Waals surface area (Å²) >= 11 is 0. The number of benzene rings is 3. The van der Waals surface area contributed by atoms with Crippen LogP contribution in [-0.2, 0) is 10.9 Å². The highest BCUT2D eigenvalue weighted by atomic mass is 19.4. The van der Waals surface area contributed by atoms with Crippen molar-refractivity contribution in [2.24, 2.45) is 0 Å². The van der Waals surface area contributed by atoms with Crippen LogP contribution < -0.4 is 5.32 Å². The van der Waals surface area contributed by atoms with Gasteiger partial charge in [0.25, 0.3) is 11.6 Å². The van der Waals surface area contributed by atoms with Crippen molar-refractivity contribution in [2.75, 3.05) is 12.4 Å². The van der Waals surface area contributed by atoms with Crippen molar-refractivity contribution in [3.8, 4) is 11.1 Å². The van der Waals surface area contributed by atoms with E-state index in [0.717, 1.165) is 25.3 Å². The maximum Gasteiger partial charge on any atom is 0.416 e. The Labute approximate surface area is 179 Å². The summed E-state index contributed by atoms with van der Waals surface area (Å²) in [5.41, 5.74) is -1.18. The molecular weight excluding hydrogens is 429 g/mol. The Morgan fingerprint density at radius 1 is 0.938 bits per heavy atom. The number of nitro benzene ring substituents is 1. The van der Waals surface area contributed by atoms with Crippen molar-refractivity contribution in [2.45, 2.75) is 6.18 Å². The molecule has 7 nitrogen and oxygen atoms in total. The van der Waals surface area contributed by atoms with Crippen LogP contribution in [0.25, 0.3) is 11.1 Å². The van der Waals surface area contributed by atoms with Gasteiger partial charge in [0.15, 0.2) is 0 Å². The quantitative estimate of drug-likeness (QED) is 0.326. The molecule has 10 heteroatoms. The van der Waals surface area contributed by atoms with Crippen LogP contribution in [0, 0.1) is 10.1 Å². The number of carbonyl (C=O) groups is 2. The molecule has 0 spiro atoms. The topological polar surface area (TPSA) is 98.5 Å². The van der Waals surface area contributed by atoms with Gasteiger partial charge in [0, 0.05) is 6.07 Å². The number of hydrogen-bond acceptors (Lipinski definition) is 5. The summed E-state index contributed by atoms with van der Waals surface area (Å²) in [6.45, 7) is 0. The fraction of sp³-hybridized carbons (Fsp3) is 0.0909. The number of amides is 1. The number of nitro groups is 1. The number of rotatable bonds is 5. The van der Waals surface area contributed by atoms with E-state index in [2.05, 4.69) is 5.32 Å².